The van der Waals surface area contributed by atoms with E-state index in [1.165, 1.54) is 0 Å². The van der Waals surface area contributed by atoms with Crippen LogP contribution < -0.4 is 0 Å². The number of esters is 1. The van der Waals surface area contributed by atoms with Crippen molar-refractivity contribution in [3.63, 3.8) is 0 Å². The fourth-order valence-electron chi connectivity index (χ4n) is 1.31. The smallest absolute Gasteiger partial charge is 0.378 e. The van der Waals surface area contributed by atoms with Gasteiger partial charge in [0.2, 0.25) is 0 Å². The molecule has 2 N–H and O–H groups in total. The minimum absolute atomic E-state index is 0.293. The lowest BCUT2D eigenvalue weighted by atomic mass is 10.1. The van der Waals surface area contributed by atoms with Crippen molar-refractivity contribution in [3.8, 4) is 0 Å². The summed E-state index contributed by atoms with van der Waals surface area (Å²) in [4.78, 5) is 22.2. The molecule has 0 aromatic carbocycles. The largest absolute Gasteiger partial charge is 0.450 e. The van der Waals surface area contributed by atoms with Gasteiger partial charge in [0.15, 0.2) is 12.2 Å². The molecule has 1 rings (SSSR count). The molecule has 0 bridgehead atoms. The Kier molecular flexibility index (Phi) is 4.19. The van der Waals surface area contributed by atoms with Gasteiger partial charge in [-0.15, -0.1) is 0 Å². The second-order valence-electron chi connectivity index (χ2n) is 3.28. The number of carbonyl (C=O) groups excluding carboxylic acids is 2. The van der Waals surface area contributed by atoms with E-state index in [9.17, 15) is 14.7 Å². The average molecular weight is 218 g/mol. The molecule has 0 amide bonds. The van der Waals surface area contributed by atoms with Crippen LogP contribution in [-0.4, -0.2) is 53.5 Å². The van der Waals surface area contributed by atoms with Gasteiger partial charge in [0.1, 0.15) is 6.10 Å². The molecule has 3 atom stereocenters. The summed E-state index contributed by atoms with van der Waals surface area (Å²) in [5.74, 6) is -1.82. The van der Waals surface area contributed by atoms with Crippen LogP contribution >= 0.6 is 0 Å². The number of aliphatic hydroxyl groups excluding tert-OH is 2. The third kappa shape index (κ3) is 2.53. The number of ketones is 1. The molecule has 0 aliphatic carbocycles. The number of Topliss-reactive ketones (excluding diaryl/α,β-unsaturated/α-hetero) is 1. The first-order chi connectivity index (χ1) is 7.11. The molecule has 1 heterocycles. The van der Waals surface area contributed by atoms with Gasteiger partial charge in [0, 0.05) is 6.61 Å². The number of hydrogen-bond acceptors (Lipinski definition) is 6. The number of carbonyl (C=O) groups is 2. The summed E-state index contributed by atoms with van der Waals surface area (Å²) in [5, 5.41) is 18.0. The maximum absolute atomic E-state index is 11.2. The molecule has 0 aromatic rings. The summed E-state index contributed by atoms with van der Waals surface area (Å²) < 4.78 is 9.72. The third-order valence-electron chi connectivity index (χ3n) is 2.07. The van der Waals surface area contributed by atoms with Crippen LogP contribution in [0.2, 0.25) is 0 Å². The highest BCUT2D eigenvalue weighted by Gasteiger charge is 2.47. The van der Waals surface area contributed by atoms with Crippen molar-refractivity contribution in [2.24, 2.45) is 0 Å². The van der Waals surface area contributed by atoms with Crippen molar-refractivity contribution in [2.45, 2.75) is 31.7 Å². The highest BCUT2D eigenvalue weighted by molar-refractivity contribution is 6.37. The number of rotatable bonds is 5. The second-order valence-corrected chi connectivity index (χ2v) is 3.28. The van der Waals surface area contributed by atoms with Gasteiger partial charge in [-0.1, -0.05) is 6.92 Å². The van der Waals surface area contributed by atoms with Crippen molar-refractivity contribution in [2.75, 3.05) is 13.2 Å². The van der Waals surface area contributed by atoms with Crippen LogP contribution in [0.25, 0.3) is 0 Å². The fourth-order valence-corrected chi connectivity index (χ4v) is 1.31. The van der Waals surface area contributed by atoms with E-state index in [-0.39, 0.29) is 0 Å². The SMILES string of the molecule is CCCOC1C(=O)C(=O)O[C@@H]1[C@@H](O)CO. The number of cyclic esters (lactones) is 1. The topological polar surface area (TPSA) is 93.1 Å². The Labute approximate surface area is 86.8 Å². The van der Waals surface area contributed by atoms with E-state index < -0.39 is 36.7 Å². The van der Waals surface area contributed by atoms with Gasteiger partial charge >= 0.3 is 5.97 Å². The van der Waals surface area contributed by atoms with Crippen LogP contribution in [0, 0.1) is 0 Å². The number of aliphatic hydroxyl groups is 2. The Morgan fingerprint density at radius 2 is 2.20 bits per heavy atom. The predicted octanol–water partition coefficient (Wildman–Crippen LogP) is -1.37. The molecule has 0 saturated carbocycles. The number of hydrogen-bond donors (Lipinski definition) is 2. The zero-order chi connectivity index (χ0) is 11.4. The van der Waals surface area contributed by atoms with Crippen LogP contribution in [0.5, 0.6) is 0 Å². The lowest BCUT2D eigenvalue weighted by Gasteiger charge is -2.19. The van der Waals surface area contributed by atoms with Crippen LogP contribution in [0.1, 0.15) is 13.3 Å². The van der Waals surface area contributed by atoms with E-state index in [0.29, 0.717) is 13.0 Å². The van der Waals surface area contributed by atoms with Crippen LogP contribution in [0.3, 0.4) is 0 Å². The third-order valence-corrected chi connectivity index (χ3v) is 2.07. The molecule has 1 aliphatic rings. The summed E-state index contributed by atoms with van der Waals surface area (Å²) in [6.07, 6.45) is -2.80. The Morgan fingerprint density at radius 3 is 2.73 bits per heavy atom. The normalized spacial score (nSPS) is 27.9. The van der Waals surface area contributed by atoms with Crippen LogP contribution in [-0.2, 0) is 19.1 Å². The van der Waals surface area contributed by atoms with Crippen molar-refractivity contribution in [1.82, 2.24) is 0 Å². The van der Waals surface area contributed by atoms with E-state index >= 15 is 0 Å². The second kappa shape index (κ2) is 5.20. The lowest BCUT2D eigenvalue weighted by molar-refractivity contribution is -0.152. The molecule has 0 aromatic heterocycles. The molecule has 0 radical (unpaired) electrons. The standard InChI is InChI=1S/C9H14O6/c1-2-3-14-8-6(12)9(13)15-7(8)5(11)4-10/h5,7-8,10-11H,2-4H2,1H3/t5-,7+,8?/m0/s1. The monoisotopic (exact) mass is 218 g/mol. The van der Waals surface area contributed by atoms with Gasteiger partial charge in [-0.05, 0) is 6.42 Å². The Bertz CT molecular complexity index is 251. The van der Waals surface area contributed by atoms with Crippen LogP contribution in [0.15, 0.2) is 0 Å². The Morgan fingerprint density at radius 1 is 1.53 bits per heavy atom. The van der Waals surface area contributed by atoms with Gasteiger partial charge in [0.25, 0.3) is 5.78 Å². The maximum atomic E-state index is 11.2. The number of ether oxygens (including phenoxy) is 2. The minimum Gasteiger partial charge on any atom is -0.450 e. The minimum atomic E-state index is -1.29. The summed E-state index contributed by atoms with van der Waals surface area (Å²) in [7, 11) is 0. The first-order valence-corrected chi connectivity index (χ1v) is 4.77. The van der Waals surface area contributed by atoms with Gasteiger partial charge < -0.3 is 19.7 Å². The van der Waals surface area contributed by atoms with E-state index in [1.54, 1.807) is 0 Å². The zero-order valence-electron chi connectivity index (χ0n) is 8.38. The lowest BCUT2D eigenvalue weighted by Crippen LogP contribution is -2.40. The highest BCUT2D eigenvalue weighted by Crippen LogP contribution is 2.18. The maximum Gasteiger partial charge on any atom is 0.378 e. The molecule has 86 valence electrons. The summed E-state index contributed by atoms with van der Waals surface area (Å²) in [6, 6.07) is 0. The van der Waals surface area contributed by atoms with E-state index in [0.717, 1.165) is 0 Å². The van der Waals surface area contributed by atoms with Gasteiger partial charge in [-0.25, -0.2) is 4.79 Å². The predicted molar refractivity (Wildman–Crippen MR) is 48.0 cm³/mol. The van der Waals surface area contributed by atoms with Crippen molar-refractivity contribution < 1.29 is 29.3 Å². The van der Waals surface area contributed by atoms with Gasteiger partial charge in [0.05, 0.1) is 6.61 Å². The molecule has 1 unspecified atom stereocenters. The molecule has 6 heteroatoms. The molecule has 1 fully saturated rings. The van der Waals surface area contributed by atoms with E-state index in [1.807, 2.05) is 6.92 Å². The molecule has 1 aliphatic heterocycles. The molecule has 1 saturated heterocycles. The van der Waals surface area contributed by atoms with Crippen molar-refractivity contribution >= 4 is 11.8 Å². The highest BCUT2D eigenvalue weighted by atomic mass is 16.6. The first-order valence-electron chi connectivity index (χ1n) is 4.77. The summed E-state index contributed by atoms with van der Waals surface area (Å²) in [5.41, 5.74) is 0. The fraction of sp³-hybridized carbons (Fsp3) is 0.778. The van der Waals surface area contributed by atoms with Crippen molar-refractivity contribution in [1.29, 1.82) is 0 Å². The van der Waals surface area contributed by atoms with Gasteiger partial charge in [-0.2, -0.15) is 0 Å². The van der Waals surface area contributed by atoms with Crippen molar-refractivity contribution in [3.05, 3.63) is 0 Å². The molecule has 6 nitrogen and oxygen atoms in total. The van der Waals surface area contributed by atoms with E-state index in [2.05, 4.69) is 4.74 Å². The van der Waals surface area contributed by atoms with E-state index in [4.69, 9.17) is 9.84 Å². The Hall–Kier alpha value is -0.980. The van der Waals surface area contributed by atoms with Crippen LogP contribution in [0.4, 0.5) is 0 Å². The Balaban J connectivity index is 2.68. The molecule has 0 spiro atoms. The first kappa shape index (κ1) is 12.1. The molecular formula is C9H14O6. The zero-order valence-corrected chi connectivity index (χ0v) is 8.38. The average Bonchev–Trinajstić information content (AvgIpc) is 2.52. The molecular weight excluding hydrogens is 204 g/mol. The summed E-state index contributed by atoms with van der Waals surface area (Å²) in [6.45, 7) is 1.55. The molecule has 15 heavy (non-hydrogen) atoms. The quantitative estimate of drug-likeness (QED) is 0.437. The van der Waals surface area contributed by atoms with Gasteiger partial charge in [-0.3, -0.25) is 4.79 Å². The summed E-state index contributed by atoms with van der Waals surface area (Å²) >= 11 is 0.